The number of esters is 1. The maximum Gasteiger partial charge on any atom is 0.338 e. The molecule has 0 spiro atoms. The van der Waals surface area contributed by atoms with Gasteiger partial charge in [-0.2, -0.15) is 0 Å². The first kappa shape index (κ1) is 15.5. The van der Waals surface area contributed by atoms with Crippen LogP contribution in [0.3, 0.4) is 0 Å². The van der Waals surface area contributed by atoms with Crippen molar-refractivity contribution in [3.63, 3.8) is 0 Å². The van der Waals surface area contributed by atoms with E-state index in [9.17, 15) is 9.59 Å². The first-order chi connectivity index (χ1) is 10.1. The minimum absolute atomic E-state index is 0.0992. The van der Waals surface area contributed by atoms with E-state index in [1.807, 2.05) is 24.0 Å². The predicted molar refractivity (Wildman–Crippen MR) is 78.2 cm³/mol. The summed E-state index contributed by atoms with van der Waals surface area (Å²) in [5.74, 6) is -0.460. The van der Waals surface area contributed by atoms with E-state index < -0.39 is 0 Å². The van der Waals surface area contributed by atoms with Crippen molar-refractivity contribution in [1.82, 2.24) is 4.90 Å². The fourth-order valence-corrected chi connectivity index (χ4v) is 2.32. The molecule has 2 rings (SSSR count). The number of carbonyl (C=O) groups excluding carboxylic acids is 2. The van der Waals surface area contributed by atoms with Gasteiger partial charge in [-0.1, -0.05) is 12.1 Å². The second-order valence-electron chi connectivity index (χ2n) is 5.00. The van der Waals surface area contributed by atoms with Crippen molar-refractivity contribution in [2.24, 2.45) is 0 Å². The van der Waals surface area contributed by atoms with Gasteiger partial charge in [-0.25, -0.2) is 4.79 Å². The molecule has 1 saturated heterocycles. The first-order valence-electron chi connectivity index (χ1n) is 7.27. The van der Waals surface area contributed by atoms with Crippen LogP contribution >= 0.6 is 0 Å². The van der Waals surface area contributed by atoms with Gasteiger partial charge in [0.05, 0.1) is 31.3 Å². The molecule has 1 aliphatic heterocycles. The van der Waals surface area contributed by atoms with E-state index in [4.69, 9.17) is 9.47 Å². The smallest absolute Gasteiger partial charge is 0.338 e. The number of rotatable bonds is 4. The Hall–Kier alpha value is -1.88. The van der Waals surface area contributed by atoms with Gasteiger partial charge in [-0.15, -0.1) is 0 Å². The zero-order chi connectivity index (χ0) is 15.2. The van der Waals surface area contributed by atoms with Gasteiger partial charge in [-0.3, -0.25) is 4.79 Å². The van der Waals surface area contributed by atoms with Gasteiger partial charge in [0.1, 0.15) is 0 Å². The number of carbonyl (C=O) groups is 2. The average Bonchev–Trinajstić information content (AvgIpc) is 2.54. The highest BCUT2D eigenvalue weighted by Crippen LogP contribution is 2.19. The SMILES string of the molecule is CCOC(=O)c1ccc(C(C)C(=O)N2CCOCC2)cc1. The Bertz CT molecular complexity index is 492. The number of hydrogen-bond donors (Lipinski definition) is 0. The number of hydrogen-bond acceptors (Lipinski definition) is 4. The third-order valence-corrected chi connectivity index (χ3v) is 3.62. The van der Waals surface area contributed by atoms with Crippen LogP contribution in [0.4, 0.5) is 0 Å². The zero-order valence-electron chi connectivity index (χ0n) is 12.5. The lowest BCUT2D eigenvalue weighted by Gasteiger charge is -2.29. The van der Waals surface area contributed by atoms with Gasteiger partial charge >= 0.3 is 5.97 Å². The fraction of sp³-hybridized carbons (Fsp3) is 0.500. The van der Waals surface area contributed by atoms with Crippen molar-refractivity contribution in [2.75, 3.05) is 32.9 Å². The highest BCUT2D eigenvalue weighted by atomic mass is 16.5. The van der Waals surface area contributed by atoms with Gasteiger partial charge in [0, 0.05) is 13.1 Å². The molecule has 1 atom stereocenters. The van der Waals surface area contributed by atoms with Crippen molar-refractivity contribution in [1.29, 1.82) is 0 Å². The Labute approximate surface area is 124 Å². The summed E-state index contributed by atoms with van der Waals surface area (Å²) in [4.78, 5) is 25.8. The molecule has 1 fully saturated rings. The van der Waals surface area contributed by atoms with Gasteiger partial charge in [0.15, 0.2) is 0 Å². The van der Waals surface area contributed by atoms with Crippen LogP contribution in [0.15, 0.2) is 24.3 Å². The van der Waals surface area contributed by atoms with Crippen LogP contribution in [0.5, 0.6) is 0 Å². The quantitative estimate of drug-likeness (QED) is 0.794. The van der Waals surface area contributed by atoms with E-state index in [1.165, 1.54) is 0 Å². The van der Waals surface area contributed by atoms with E-state index in [2.05, 4.69) is 0 Å². The van der Waals surface area contributed by atoms with Crippen molar-refractivity contribution in [2.45, 2.75) is 19.8 Å². The van der Waals surface area contributed by atoms with Crippen LogP contribution in [0.25, 0.3) is 0 Å². The van der Waals surface area contributed by atoms with E-state index in [1.54, 1.807) is 19.1 Å². The topological polar surface area (TPSA) is 55.8 Å². The molecule has 1 aromatic carbocycles. The summed E-state index contributed by atoms with van der Waals surface area (Å²) in [6, 6.07) is 7.04. The van der Waals surface area contributed by atoms with Crippen LogP contribution < -0.4 is 0 Å². The van der Waals surface area contributed by atoms with Crippen molar-refractivity contribution in [3.05, 3.63) is 35.4 Å². The summed E-state index contributed by atoms with van der Waals surface area (Å²) in [7, 11) is 0. The van der Waals surface area contributed by atoms with Crippen LogP contribution in [0, 0.1) is 0 Å². The Morgan fingerprint density at radius 3 is 2.43 bits per heavy atom. The minimum Gasteiger partial charge on any atom is -0.462 e. The third-order valence-electron chi connectivity index (χ3n) is 3.62. The summed E-state index contributed by atoms with van der Waals surface area (Å²) in [5.41, 5.74) is 1.41. The molecule has 1 aliphatic rings. The van der Waals surface area contributed by atoms with Crippen molar-refractivity contribution >= 4 is 11.9 Å². The second-order valence-corrected chi connectivity index (χ2v) is 5.00. The molecule has 1 amide bonds. The van der Waals surface area contributed by atoms with E-state index in [-0.39, 0.29) is 17.8 Å². The number of benzene rings is 1. The fourth-order valence-electron chi connectivity index (χ4n) is 2.32. The number of amides is 1. The molecular weight excluding hydrogens is 270 g/mol. The van der Waals surface area contributed by atoms with Crippen LogP contribution in [0.2, 0.25) is 0 Å². The third kappa shape index (κ3) is 3.82. The van der Waals surface area contributed by atoms with Crippen molar-refractivity contribution in [3.8, 4) is 0 Å². The summed E-state index contributed by atoms with van der Waals surface area (Å²) >= 11 is 0. The molecule has 0 radical (unpaired) electrons. The molecule has 114 valence electrons. The lowest BCUT2D eigenvalue weighted by Crippen LogP contribution is -2.42. The molecule has 1 heterocycles. The van der Waals surface area contributed by atoms with Gasteiger partial charge in [-0.05, 0) is 31.5 Å². The van der Waals surface area contributed by atoms with E-state index in [0.717, 1.165) is 5.56 Å². The molecule has 5 nitrogen and oxygen atoms in total. The highest BCUT2D eigenvalue weighted by molar-refractivity contribution is 5.90. The monoisotopic (exact) mass is 291 g/mol. The molecule has 0 bridgehead atoms. The zero-order valence-corrected chi connectivity index (χ0v) is 12.5. The van der Waals surface area contributed by atoms with Gasteiger partial charge in [0.2, 0.25) is 5.91 Å². The van der Waals surface area contributed by atoms with Crippen LogP contribution in [0.1, 0.15) is 35.7 Å². The molecule has 0 aliphatic carbocycles. The summed E-state index contributed by atoms with van der Waals surface area (Å²) in [5, 5.41) is 0. The number of ether oxygens (including phenoxy) is 2. The summed E-state index contributed by atoms with van der Waals surface area (Å²) < 4.78 is 10.2. The Morgan fingerprint density at radius 2 is 1.86 bits per heavy atom. The van der Waals surface area contributed by atoms with E-state index in [0.29, 0.717) is 38.5 Å². The molecule has 0 N–H and O–H groups in total. The molecule has 21 heavy (non-hydrogen) atoms. The molecule has 1 aromatic rings. The number of nitrogens with zero attached hydrogens (tertiary/aromatic N) is 1. The molecule has 0 aromatic heterocycles. The Balaban J connectivity index is 2.03. The van der Waals surface area contributed by atoms with E-state index >= 15 is 0 Å². The summed E-state index contributed by atoms with van der Waals surface area (Å²) in [6.07, 6.45) is 0. The normalized spacial score (nSPS) is 16.4. The maximum atomic E-state index is 12.4. The lowest BCUT2D eigenvalue weighted by atomic mass is 9.98. The first-order valence-corrected chi connectivity index (χ1v) is 7.27. The summed E-state index contributed by atoms with van der Waals surface area (Å²) in [6.45, 7) is 6.49. The second kappa shape index (κ2) is 7.22. The van der Waals surface area contributed by atoms with Crippen LogP contribution in [-0.2, 0) is 14.3 Å². The number of morpholine rings is 1. The molecule has 5 heteroatoms. The predicted octanol–water partition coefficient (Wildman–Crippen LogP) is 1.83. The Kier molecular flexibility index (Phi) is 5.33. The largest absolute Gasteiger partial charge is 0.462 e. The molecular formula is C16H21NO4. The highest BCUT2D eigenvalue weighted by Gasteiger charge is 2.23. The van der Waals surface area contributed by atoms with Crippen molar-refractivity contribution < 1.29 is 19.1 Å². The molecule has 1 unspecified atom stereocenters. The molecule has 0 saturated carbocycles. The van der Waals surface area contributed by atoms with Crippen LogP contribution in [-0.4, -0.2) is 49.7 Å². The van der Waals surface area contributed by atoms with Gasteiger partial charge < -0.3 is 14.4 Å². The standard InChI is InChI=1S/C16H21NO4/c1-3-21-16(19)14-6-4-13(5-7-14)12(2)15(18)17-8-10-20-11-9-17/h4-7,12H,3,8-11H2,1-2H3. The lowest BCUT2D eigenvalue weighted by molar-refractivity contribution is -0.136. The minimum atomic E-state index is -0.337. The maximum absolute atomic E-state index is 12.4. The van der Waals surface area contributed by atoms with Gasteiger partial charge in [0.25, 0.3) is 0 Å². The Morgan fingerprint density at radius 1 is 1.24 bits per heavy atom. The average molecular weight is 291 g/mol.